The molecule has 4 heteroatoms. The van der Waals surface area contributed by atoms with E-state index in [9.17, 15) is 4.79 Å². The number of piperidine rings is 1. The second-order valence-electron chi connectivity index (χ2n) is 7.14. The van der Waals surface area contributed by atoms with Gasteiger partial charge in [0.05, 0.1) is 5.56 Å². The van der Waals surface area contributed by atoms with Crippen LogP contribution < -0.4 is 4.74 Å². The largest absolute Gasteiger partial charge is 0.491 e. The van der Waals surface area contributed by atoms with Crippen molar-refractivity contribution in [1.82, 2.24) is 4.90 Å². The molecule has 0 N–H and O–H groups in total. The lowest BCUT2D eigenvalue weighted by atomic mass is 9.90. The van der Waals surface area contributed by atoms with Crippen molar-refractivity contribution in [3.8, 4) is 5.75 Å². The maximum Gasteiger partial charge on any atom is 0.169 e. The monoisotopic (exact) mass is 331 g/mol. The van der Waals surface area contributed by atoms with Gasteiger partial charge >= 0.3 is 0 Å². The summed E-state index contributed by atoms with van der Waals surface area (Å²) in [6, 6.07) is 7.69. The number of ketones is 1. The Hall–Kier alpha value is -1.39. The van der Waals surface area contributed by atoms with E-state index >= 15 is 0 Å². The first-order valence-corrected chi connectivity index (χ1v) is 9.30. The molecule has 24 heavy (non-hydrogen) atoms. The summed E-state index contributed by atoms with van der Waals surface area (Å²) in [5.41, 5.74) is 0.733. The third-order valence-electron chi connectivity index (χ3n) is 5.15. The number of ether oxygens (including phenoxy) is 2. The molecule has 4 nitrogen and oxygen atoms in total. The molecule has 0 bridgehead atoms. The van der Waals surface area contributed by atoms with Crippen molar-refractivity contribution in [2.45, 2.75) is 32.6 Å². The third kappa shape index (κ3) is 4.58. The smallest absolute Gasteiger partial charge is 0.169 e. The molecule has 1 aromatic rings. The highest BCUT2D eigenvalue weighted by atomic mass is 16.5. The first-order chi connectivity index (χ1) is 11.7. The van der Waals surface area contributed by atoms with Crippen molar-refractivity contribution < 1.29 is 14.3 Å². The molecule has 2 aliphatic rings. The van der Waals surface area contributed by atoms with E-state index in [0.717, 1.165) is 49.7 Å². The maximum absolute atomic E-state index is 12.8. The summed E-state index contributed by atoms with van der Waals surface area (Å²) in [6.07, 6.45) is 4.25. The van der Waals surface area contributed by atoms with E-state index in [-0.39, 0.29) is 11.7 Å². The molecular formula is C20H29NO3. The van der Waals surface area contributed by atoms with Gasteiger partial charge in [-0.3, -0.25) is 9.69 Å². The topological polar surface area (TPSA) is 38.8 Å². The van der Waals surface area contributed by atoms with Gasteiger partial charge in [-0.25, -0.2) is 0 Å². The van der Waals surface area contributed by atoms with Gasteiger partial charge < -0.3 is 9.47 Å². The van der Waals surface area contributed by atoms with Crippen LogP contribution in [0.5, 0.6) is 5.75 Å². The fourth-order valence-electron chi connectivity index (χ4n) is 3.75. The van der Waals surface area contributed by atoms with Crippen LogP contribution in [0, 0.1) is 11.8 Å². The van der Waals surface area contributed by atoms with Crippen LogP contribution in [0.4, 0.5) is 0 Å². The predicted molar refractivity (Wildman–Crippen MR) is 94.6 cm³/mol. The Labute approximate surface area is 145 Å². The maximum atomic E-state index is 12.8. The van der Waals surface area contributed by atoms with Gasteiger partial charge in [-0.2, -0.15) is 0 Å². The van der Waals surface area contributed by atoms with Crippen molar-refractivity contribution in [3.63, 3.8) is 0 Å². The molecule has 3 rings (SSSR count). The van der Waals surface area contributed by atoms with Crippen LogP contribution in [-0.2, 0) is 4.74 Å². The zero-order valence-corrected chi connectivity index (χ0v) is 14.7. The fourth-order valence-corrected chi connectivity index (χ4v) is 3.75. The van der Waals surface area contributed by atoms with E-state index < -0.39 is 0 Å². The number of hydrogen-bond acceptors (Lipinski definition) is 4. The zero-order chi connectivity index (χ0) is 16.8. The average Bonchev–Trinajstić information content (AvgIpc) is 2.62. The first kappa shape index (κ1) is 17.4. The number of nitrogens with zero attached hydrogens (tertiary/aromatic N) is 1. The van der Waals surface area contributed by atoms with Gasteiger partial charge in [-0.1, -0.05) is 19.1 Å². The third-order valence-corrected chi connectivity index (χ3v) is 5.15. The van der Waals surface area contributed by atoms with Crippen LogP contribution in [0.1, 0.15) is 43.0 Å². The van der Waals surface area contributed by atoms with Crippen LogP contribution in [0.25, 0.3) is 0 Å². The second kappa shape index (κ2) is 8.63. The van der Waals surface area contributed by atoms with Crippen LogP contribution in [0.3, 0.4) is 0 Å². The number of rotatable bonds is 6. The van der Waals surface area contributed by atoms with E-state index in [1.807, 2.05) is 24.3 Å². The molecular weight excluding hydrogens is 302 g/mol. The molecule has 1 aromatic carbocycles. The Bertz CT molecular complexity index is 539. The van der Waals surface area contributed by atoms with Crippen molar-refractivity contribution in [3.05, 3.63) is 29.8 Å². The summed E-state index contributed by atoms with van der Waals surface area (Å²) >= 11 is 0. The number of benzene rings is 1. The lowest BCUT2D eigenvalue weighted by molar-refractivity contribution is 0.0542. The van der Waals surface area contributed by atoms with Gasteiger partial charge in [-0.05, 0) is 50.3 Å². The highest BCUT2D eigenvalue weighted by molar-refractivity contribution is 6.00. The van der Waals surface area contributed by atoms with E-state index in [1.54, 1.807) is 0 Å². The molecule has 1 unspecified atom stereocenters. The molecule has 2 fully saturated rings. The molecule has 2 heterocycles. The van der Waals surface area contributed by atoms with Gasteiger partial charge in [0.25, 0.3) is 0 Å². The van der Waals surface area contributed by atoms with Gasteiger partial charge in [-0.15, -0.1) is 0 Å². The van der Waals surface area contributed by atoms with Gasteiger partial charge in [0, 0.05) is 32.2 Å². The van der Waals surface area contributed by atoms with Crippen LogP contribution in [0.2, 0.25) is 0 Å². The minimum atomic E-state index is 0.0754. The van der Waals surface area contributed by atoms with Crippen LogP contribution >= 0.6 is 0 Å². The van der Waals surface area contributed by atoms with Crippen molar-refractivity contribution in [1.29, 1.82) is 0 Å². The number of Topliss-reactive ketones (excluding diaryl/α,β-unsaturated/α-hetero) is 1. The number of para-hydroxylation sites is 1. The number of likely N-dealkylation sites (tertiary alicyclic amines) is 1. The Kier molecular flexibility index (Phi) is 6.27. The molecule has 1 atom stereocenters. The Morgan fingerprint density at radius 2 is 2.04 bits per heavy atom. The normalized spacial score (nSPS) is 23.1. The van der Waals surface area contributed by atoms with E-state index in [4.69, 9.17) is 9.47 Å². The lowest BCUT2D eigenvalue weighted by Crippen LogP contribution is -2.37. The summed E-state index contributed by atoms with van der Waals surface area (Å²) in [6.45, 7) is 7.59. The minimum Gasteiger partial charge on any atom is -0.491 e. The fraction of sp³-hybridized carbons (Fsp3) is 0.650. The van der Waals surface area contributed by atoms with Gasteiger partial charge in [0.1, 0.15) is 12.4 Å². The first-order valence-electron chi connectivity index (χ1n) is 9.30. The van der Waals surface area contributed by atoms with Gasteiger partial charge in [0.15, 0.2) is 5.78 Å². The van der Waals surface area contributed by atoms with Crippen LogP contribution in [0.15, 0.2) is 24.3 Å². The Morgan fingerprint density at radius 1 is 1.25 bits per heavy atom. The number of carbonyl (C=O) groups excluding carboxylic acids is 1. The molecule has 0 spiro atoms. The molecule has 0 radical (unpaired) electrons. The Balaban J connectivity index is 1.56. The van der Waals surface area contributed by atoms with Crippen molar-refractivity contribution in [2.24, 2.45) is 11.8 Å². The average molecular weight is 331 g/mol. The van der Waals surface area contributed by atoms with E-state index in [1.165, 1.54) is 12.8 Å². The summed E-state index contributed by atoms with van der Waals surface area (Å²) in [7, 11) is 0. The summed E-state index contributed by atoms with van der Waals surface area (Å²) < 4.78 is 11.4. The molecule has 0 saturated carbocycles. The molecule has 2 aliphatic heterocycles. The highest BCUT2D eigenvalue weighted by Crippen LogP contribution is 2.26. The molecule has 0 aliphatic carbocycles. The second-order valence-corrected chi connectivity index (χ2v) is 7.14. The zero-order valence-electron chi connectivity index (χ0n) is 14.7. The highest BCUT2D eigenvalue weighted by Gasteiger charge is 2.25. The summed E-state index contributed by atoms with van der Waals surface area (Å²) in [5.74, 6) is 1.80. The lowest BCUT2D eigenvalue weighted by Gasteiger charge is -2.30. The van der Waals surface area contributed by atoms with Crippen molar-refractivity contribution >= 4 is 5.78 Å². The predicted octanol–water partition coefficient (Wildman–Crippen LogP) is 3.41. The number of hydrogen-bond donors (Lipinski definition) is 0. The summed E-state index contributed by atoms with van der Waals surface area (Å²) in [5, 5.41) is 0. The standard InChI is InChI=1S/C20H29NO3/c1-16-5-4-10-21(15-16)11-14-24-19-7-3-2-6-18(19)20(22)17-8-12-23-13-9-17/h2-3,6-7,16-17H,4-5,8-15H2,1H3. The van der Waals surface area contributed by atoms with Gasteiger partial charge in [0.2, 0.25) is 0 Å². The quantitative estimate of drug-likeness (QED) is 0.749. The number of carbonyl (C=O) groups is 1. The van der Waals surface area contributed by atoms with E-state index in [2.05, 4.69) is 11.8 Å². The molecule has 2 saturated heterocycles. The SMILES string of the molecule is CC1CCCN(CCOc2ccccc2C(=O)C2CCOCC2)C1. The molecule has 0 amide bonds. The minimum absolute atomic E-state index is 0.0754. The van der Waals surface area contributed by atoms with Crippen molar-refractivity contribution in [2.75, 3.05) is 39.5 Å². The molecule has 0 aromatic heterocycles. The Morgan fingerprint density at radius 3 is 2.83 bits per heavy atom. The van der Waals surface area contributed by atoms with Crippen LogP contribution in [-0.4, -0.2) is 50.1 Å². The summed E-state index contributed by atoms with van der Waals surface area (Å²) in [4.78, 5) is 15.3. The molecule has 132 valence electrons. The van der Waals surface area contributed by atoms with E-state index in [0.29, 0.717) is 19.8 Å².